The number of sulfonamides is 1. The van der Waals surface area contributed by atoms with Crippen LogP contribution in [0.1, 0.15) is 12.0 Å². The molecule has 1 aromatic carbocycles. The number of benzene rings is 1. The van der Waals surface area contributed by atoms with Crippen molar-refractivity contribution in [2.75, 3.05) is 33.9 Å². The van der Waals surface area contributed by atoms with Crippen LogP contribution in [0.15, 0.2) is 23.1 Å². The summed E-state index contributed by atoms with van der Waals surface area (Å²) < 4.78 is 37.1. The van der Waals surface area contributed by atoms with Crippen molar-refractivity contribution in [2.24, 2.45) is 5.73 Å². The molecular weight excluding hydrogens is 280 g/mol. The highest BCUT2D eigenvalue weighted by Crippen LogP contribution is 2.22. The summed E-state index contributed by atoms with van der Waals surface area (Å²) in [5, 5.41) is 0. The number of hydrogen-bond acceptors (Lipinski definition) is 5. The Balaban J connectivity index is 2.92. The van der Waals surface area contributed by atoms with Crippen LogP contribution in [0.25, 0.3) is 0 Å². The number of nitrogens with one attached hydrogen (secondary N) is 1. The standard InChI is InChI=1S/C13H22N2O4S/c1-18-9-3-8-15-20(16,17)13-5-4-12(19-2)10-11(13)6-7-14/h4-5,10,15H,3,6-9,14H2,1-2H3. The van der Waals surface area contributed by atoms with Crippen LogP contribution in [0.5, 0.6) is 5.75 Å². The lowest BCUT2D eigenvalue weighted by Gasteiger charge is -2.12. The summed E-state index contributed by atoms with van der Waals surface area (Å²) in [6.45, 7) is 1.23. The SMILES string of the molecule is COCCCNS(=O)(=O)c1ccc(OC)cc1CCN. The van der Waals surface area contributed by atoms with E-state index in [1.165, 1.54) is 0 Å². The van der Waals surface area contributed by atoms with Crippen molar-refractivity contribution in [3.8, 4) is 5.75 Å². The molecule has 20 heavy (non-hydrogen) atoms. The van der Waals surface area contributed by atoms with Crippen LogP contribution >= 0.6 is 0 Å². The minimum Gasteiger partial charge on any atom is -0.497 e. The van der Waals surface area contributed by atoms with Gasteiger partial charge in [-0.2, -0.15) is 0 Å². The second-order valence-corrected chi connectivity index (χ2v) is 5.99. The summed E-state index contributed by atoms with van der Waals surface area (Å²) in [5.74, 6) is 0.617. The molecule has 7 heteroatoms. The smallest absolute Gasteiger partial charge is 0.240 e. The molecule has 0 radical (unpaired) electrons. The van der Waals surface area contributed by atoms with Crippen LogP contribution in [-0.2, 0) is 21.2 Å². The zero-order chi connectivity index (χ0) is 15.0. The van der Waals surface area contributed by atoms with E-state index in [0.717, 1.165) is 0 Å². The van der Waals surface area contributed by atoms with Crippen molar-refractivity contribution in [1.29, 1.82) is 0 Å². The molecule has 0 amide bonds. The molecule has 0 saturated carbocycles. The molecule has 3 N–H and O–H groups in total. The first-order valence-electron chi connectivity index (χ1n) is 6.40. The van der Waals surface area contributed by atoms with Crippen molar-refractivity contribution in [3.05, 3.63) is 23.8 Å². The third kappa shape index (κ3) is 4.75. The highest BCUT2D eigenvalue weighted by atomic mass is 32.2. The fraction of sp³-hybridized carbons (Fsp3) is 0.538. The van der Waals surface area contributed by atoms with Gasteiger partial charge in [-0.1, -0.05) is 0 Å². The molecule has 0 fully saturated rings. The van der Waals surface area contributed by atoms with Crippen molar-refractivity contribution >= 4 is 10.0 Å². The predicted molar refractivity (Wildman–Crippen MR) is 77.4 cm³/mol. The van der Waals surface area contributed by atoms with Gasteiger partial charge in [0.25, 0.3) is 0 Å². The second kappa shape index (κ2) is 8.21. The molecule has 1 aromatic rings. The molecule has 0 aliphatic carbocycles. The molecule has 0 bridgehead atoms. The lowest BCUT2D eigenvalue weighted by Crippen LogP contribution is -2.26. The summed E-state index contributed by atoms with van der Waals surface area (Å²) in [7, 11) is -0.414. The largest absolute Gasteiger partial charge is 0.497 e. The van der Waals surface area contributed by atoms with Crippen LogP contribution in [-0.4, -0.2) is 42.3 Å². The molecule has 0 unspecified atom stereocenters. The van der Waals surface area contributed by atoms with Crippen molar-refractivity contribution in [3.63, 3.8) is 0 Å². The van der Waals surface area contributed by atoms with E-state index in [1.54, 1.807) is 32.4 Å². The first kappa shape index (κ1) is 16.9. The van der Waals surface area contributed by atoms with Crippen LogP contribution in [0, 0.1) is 0 Å². The van der Waals surface area contributed by atoms with E-state index in [4.69, 9.17) is 15.2 Å². The van der Waals surface area contributed by atoms with Crippen LogP contribution in [0.3, 0.4) is 0 Å². The Morgan fingerprint density at radius 1 is 1.30 bits per heavy atom. The Kier molecular flexibility index (Phi) is 6.94. The van der Waals surface area contributed by atoms with Gasteiger partial charge < -0.3 is 15.2 Å². The van der Waals surface area contributed by atoms with Gasteiger partial charge in [0.15, 0.2) is 0 Å². The minimum absolute atomic E-state index is 0.251. The van der Waals surface area contributed by atoms with E-state index < -0.39 is 10.0 Å². The lowest BCUT2D eigenvalue weighted by atomic mass is 10.1. The maximum absolute atomic E-state index is 12.3. The number of ether oxygens (including phenoxy) is 2. The van der Waals surface area contributed by atoms with Crippen molar-refractivity contribution in [2.45, 2.75) is 17.7 Å². The van der Waals surface area contributed by atoms with Gasteiger partial charge in [0, 0.05) is 20.3 Å². The predicted octanol–water partition coefficient (Wildman–Crippen LogP) is 0.511. The molecule has 0 aliphatic rings. The van der Waals surface area contributed by atoms with E-state index in [-0.39, 0.29) is 4.90 Å². The third-order valence-electron chi connectivity index (χ3n) is 2.79. The summed E-state index contributed by atoms with van der Waals surface area (Å²) >= 11 is 0. The summed E-state index contributed by atoms with van der Waals surface area (Å²) in [5.41, 5.74) is 6.19. The Morgan fingerprint density at radius 2 is 2.05 bits per heavy atom. The fourth-order valence-electron chi connectivity index (χ4n) is 1.80. The van der Waals surface area contributed by atoms with Gasteiger partial charge in [0.1, 0.15) is 5.75 Å². The maximum Gasteiger partial charge on any atom is 0.240 e. The van der Waals surface area contributed by atoms with Gasteiger partial charge in [0.2, 0.25) is 10.0 Å². The normalized spacial score (nSPS) is 11.6. The average Bonchev–Trinajstić information content (AvgIpc) is 2.43. The molecule has 114 valence electrons. The Hall–Kier alpha value is -1.15. The van der Waals surface area contributed by atoms with Gasteiger partial charge in [-0.3, -0.25) is 0 Å². The van der Waals surface area contributed by atoms with E-state index in [9.17, 15) is 8.42 Å². The molecule has 1 rings (SSSR count). The Morgan fingerprint density at radius 3 is 2.65 bits per heavy atom. The molecule has 0 aromatic heterocycles. The summed E-state index contributed by atoms with van der Waals surface area (Å²) in [6.07, 6.45) is 1.10. The quantitative estimate of drug-likeness (QED) is 0.649. The van der Waals surface area contributed by atoms with E-state index in [0.29, 0.717) is 43.9 Å². The minimum atomic E-state index is -3.54. The van der Waals surface area contributed by atoms with Gasteiger partial charge >= 0.3 is 0 Å². The van der Waals surface area contributed by atoms with Crippen molar-refractivity contribution < 1.29 is 17.9 Å². The third-order valence-corrected chi connectivity index (χ3v) is 4.35. The zero-order valence-electron chi connectivity index (χ0n) is 11.9. The maximum atomic E-state index is 12.3. The zero-order valence-corrected chi connectivity index (χ0v) is 12.7. The molecule has 0 saturated heterocycles. The van der Waals surface area contributed by atoms with Crippen molar-refractivity contribution in [1.82, 2.24) is 4.72 Å². The highest BCUT2D eigenvalue weighted by molar-refractivity contribution is 7.89. The van der Waals surface area contributed by atoms with Gasteiger partial charge in [0.05, 0.1) is 12.0 Å². The molecule has 0 heterocycles. The molecule has 0 aliphatic heterocycles. The number of methoxy groups -OCH3 is 2. The topological polar surface area (TPSA) is 90.6 Å². The summed E-state index contributed by atoms with van der Waals surface area (Å²) in [6, 6.07) is 4.88. The Bertz CT molecular complexity index is 517. The van der Waals surface area contributed by atoms with Gasteiger partial charge in [-0.15, -0.1) is 0 Å². The molecule has 0 atom stereocenters. The van der Waals surface area contributed by atoms with E-state index in [1.807, 2.05) is 0 Å². The highest BCUT2D eigenvalue weighted by Gasteiger charge is 2.18. The van der Waals surface area contributed by atoms with Gasteiger partial charge in [-0.05, 0) is 43.1 Å². The molecule has 6 nitrogen and oxygen atoms in total. The first-order chi connectivity index (χ1) is 9.55. The average molecular weight is 302 g/mol. The van der Waals surface area contributed by atoms with E-state index in [2.05, 4.69) is 4.72 Å². The molecular formula is C13H22N2O4S. The Labute approximate surface area is 120 Å². The summed E-state index contributed by atoms with van der Waals surface area (Å²) in [4.78, 5) is 0.251. The second-order valence-electron chi connectivity index (χ2n) is 4.26. The monoisotopic (exact) mass is 302 g/mol. The fourth-order valence-corrected chi connectivity index (χ4v) is 3.12. The molecule has 0 spiro atoms. The number of nitrogens with two attached hydrogens (primary N) is 1. The van der Waals surface area contributed by atoms with Crippen LogP contribution in [0.2, 0.25) is 0 Å². The number of hydrogen-bond donors (Lipinski definition) is 2. The van der Waals surface area contributed by atoms with Crippen LogP contribution < -0.4 is 15.2 Å². The van der Waals surface area contributed by atoms with Gasteiger partial charge in [-0.25, -0.2) is 13.1 Å². The number of rotatable bonds is 9. The first-order valence-corrected chi connectivity index (χ1v) is 7.89. The van der Waals surface area contributed by atoms with E-state index >= 15 is 0 Å². The van der Waals surface area contributed by atoms with Crippen LogP contribution in [0.4, 0.5) is 0 Å². The lowest BCUT2D eigenvalue weighted by molar-refractivity contribution is 0.196.